The van der Waals surface area contributed by atoms with Gasteiger partial charge in [-0.15, -0.1) is 0 Å². The third-order valence-electron chi connectivity index (χ3n) is 2.00. The maximum absolute atomic E-state index is 10.1. The van der Waals surface area contributed by atoms with E-state index in [4.69, 9.17) is 10.2 Å². The molecule has 0 radical (unpaired) electrons. The van der Waals surface area contributed by atoms with Crippen LogP contribution in [0.25, 0.3) is 0 Å². The van der Waals surface area contributed by atoms with Crippen LogP contribution in [0.1, 0.15) is 39.0 Å². The molecule has 1 saturated heterocycles. The highest BCUT2D eigenvalue weighted by Crippen LogP contribution is 1.97. The summed E-state index contributed by atoms with van der Waals surface area (Å²) in [5, 5.41) is 19.7. The monoisotopic (exact) mass is 203 g/mol. The Morgan fingerprint density at radius 3 is 2.57 bits per heavy atom. The molecular formula is C10H21NO3. The standard InChI is InChI=1S/C6H14O2.C4H7NO/c1-2-3-4-6(8)5-7;6-4-2-1-3-5-4/h6-8H,2-5H2,1H3;1-3H2,(H,5,6). The van der Waals surface area contributed by atoms with E-state index in [1.54, 1.807) is 0 Å². The summed E-state index contributed by atoms with van der Waals surface area (Å²) in [7, 11) is 0. The Morgan fingerprint density at radius 2 is 2.29 bits per heavy atom. The first kappa shape index (κ1) is 13.4. The van der Waals surface area contributed by atoms with Crippen LogP contribution in [-0.2, 0) is 4.79 Å². The fraction of sp³-hybridized carbons (Fsp3) is 0.900. The van der Waals surface area contributed by atoms with Crippen molar-refractivity contribution in [1.29, 1.82) is 0 Å². The van der Waals surface area contributed by atoms with Crippen LogP contribution >= 0.6 is 0 Å². The summed E-state index contributed by atoms with van der Waals surface area (Å²) < 4.78 is 0. The number of aliphatic hydroxyl groups excluding tert-OH is 2. The smallest absolute Gasteiger partial charge is 0.220 e. The van der Waals surface area contributed by atoms with E-state index in [2.05, 4.69) is 12.2 Å². The summed E-state index contributed by atoms with van der Waals surface area (Å²) in [6.07, 6.45) is 4.08. The van der Waals surface area contributed by atoms with Crippen molar-refractivity contribution in [3.05, 3.63) is 0 Å². The lowest BCUT2D eigenvalue weighted by Gasteiger charge is -2.02. The van der Waals surface area contributed by atoms with Gasteiger partial charge in [-0.2, -0.15) is 0 Å². The van der Waals surface area contributed by atoms with E-state index in [0.717, 1.165) is 38.6 Å². The second kappa shape index (κ2) is 8.97. The maximum Gasteiger partial charge on any atom is 0.220 e. The van der Waals surface area contributed by atoms with Crippen LogP contribution in [0, 0.1) is 0 Å². The largest absolute Gasteiger partial charge is 0.394 e. The van der Waals surface area contributed by atoms with E-state index < -0.39 is 6.10 Å². The van der Waals surface area contributed by atoms with Crippen molar-refractivity contribution in [2.45, 2.75) is 45.1 Å². The molecule has 1 aliphatic heterocycles. The molecule has 4 nitrogen and oxygen atoms in total. The Labute approximate surface area is 85.3 Å². The molecule has 1 amide bonds. The zero-order valence-corrected chi connectivity index (χ0v) is 8.83. The highest BCUT2D eigenvalue weighted by molar-refractivity contribution is 5.77. The van der Waals surface area contributed by atoms with Crippen LogP contribution in [0.4, 0.5) is 0 Å². The molecule has 0 bridgehead atoms. The van der Waals surface area contributed by atoms with Crippen LogP contribution in [0.15, 0.2) is 0 Å². The molecule has 0 spiro atoms. The van der Waals surface area contributed by atoms with Gasteiger partial charge in [0, 0.05) is 13.0 Å². The number of rotatable bonds is 4. The van der Waals surface area contributed by atoms with Crippen molar-refractivity contribution in [2.24, 2.45) is 0 Å². The van der Waals surface area contributed by atoms with E-state index in [-0.39, 0.29) is 12.5 Å². The van der Waals surface area contributed by atoms with Crippen LogP contribution in [-0.4, -0.2) is 35.4 Å². The number of aliphatic hydroxyl groups is 2. The van der Waals surface area contributed by atoms with E-state index in [1.807, 2.05) is 0 Å². The van der Waals surface area contributed by atoms with Crippen LogP contribution in [0.5, 0.6) is 0 Å². The molecule has 4 heteroatoms. The average Bonchev–Trinajstić information content (AvgIpc) is 2.66. The van der Waals surface area contributed by atoms with Crippen LogP contribution in [0.3, 0.4) is 0 Å². The van der Waals surface area contributed by atoms with Gasteiger partial charge < -0.3 is 15.5 Å². The Hall–Kier alpha value is -0.610. The first-order valence-electron chi connectivity index (χ1n) is 5.26. The molecule has 14 heavy (non-hydrogen) atoms. The van der Waals surface area contributed by atoms with Crippen molar-refractivity contribution in [3.8, 4) is 0 Å². The molecular weight excluding hydrogens is 182 g/mol. The molecule has 0 saturated carbocycles. The quantitative estimate of drug-likeness (QED) is 0.620. The number of nitrogens with one attached hydrogen (secondary N) is 1. The van der Waals surface area contributed by atoms with Crippen LogP contribution < -0.4 is 5.32 Å². The summed E-state index contributed by atoms with van der Waals surface area (Å²) in [5.41, 5.74) is 0. The highest BCUT2D eigenvalue weighted by atomic mass is 16.3. The molecule has 0 aromatic heterocycles. The lowest BCUT2D eigenvalue weighted by Crippen LogP contribution is -2.12. The maximum atomic E-state index is 10.1. The summed E-state index contributed by atoms with van der Waals surface area (Å²) in [4.78, 5) is 10.1. The third kappa shape index (κ3) is 8.01. The molecule has 1 fully saturated rings. The highest BCUT2D eigenvalue weighted by Gasteiger charge is 2.05. The Morgan fingerprint density at radius 1 is 1.57 bits per heavy atom. The summed E-state index contributed by atoms with van der Waals surface area (Å²) in [6.45, 7) is 2.85. The molecule has 0 aliphatic carbocycles. The molecule has 1 heterocycles. The van der Waals surface area contributed by atoms with Gasteiger partial charge in [0.25, 0.3) is 0 Å². The van der Waals surface area contributed by atoms with Gasteiger partial charge in [-0.05, 0) is 12.8 Å². The molecule has 1 aliphatic rings. The minimum Gasteiger partial charge on any atom is -0.394 e. The molecule has 1 rings (SSSR count). The van der Waals surface area contributed by atoms with E-state index in [1.165, 1.54) is 0 Å². The van der Waals surface area contributed by atoms with E-state index in [0.29, 0.717) is 0 Å². The lowest BCUT2D eigenvalue weighted by molar-refractivity contribution is -0.119. The Balaban J connectivity index is 0.000000249. The Bertz CT molecular complexity index is 142. The van der Waals surface area contributed by atoms with Crippen molar-refractivity contribution >= 4 is 5.91 Å². The number of unbranched alkanes of at least 4 members (excludes halogenated alkanes) is 1. The molecule has 0 aromatic carbocycles. The summed E-state index contributed by atoms with van der Waals surface area (Å²) >= 11 is 0. The second-order valence-corrected chi connectivity index (χ2v) is 3.43. The average molecular weight is 203 g/mol. The van der Waals surface area contributed by atoms with Crippen LogP contribution in [0.2, 0.25) is 0 Å². The Kier molecular flexibility index (Phi) is 8.57. The van der Waals surface area contributed by atoms with Gasteiger partial charge in [0.15, 0.2) is 0 Å². The summed E-state index contributed by atoms with van der Waals surface area (Å²) in [6, 6.07) is 0. The zero-order chi connectivity index (χ0) is 10.8. The molecule has 1 atom stereocenters. The second-order valence-electron chi connectivity index (χ2n) is 3.43. The minimum absolute atomic E-state index is 0.0972. The van der Waals surface area contributed by atoms with E-state index >= 15 is 0 Å². The number of amides is 1. The van der Waals surface area contributed by atoms with Crippen molar-refractivity contribution in [3.63, 3.8) is 0 Å². The molecule has 1 unspecified atom stereocenters. The number of carbonyl (C=O) groups excluding carboxylic acids is 1. The fourth-order valence-corrected chi connectivity index (χ4v) is 1.10. The first-order chi connectivity index (χ1) is 6.70. The number of hydrogen-bond donors (Lipinski definition) is 3. The first-order valence-corrected chi connectivity index (χ1v) is 5.26. The van der Waals surface area contributed by atoms with Gasteiger partial charge in [-0.1, -0.05) is 19.8 Å². The molecule has 0 aromatic rings. The van der Waals surface area contributed by atoms with Gasteiger partial charge >= 0.3 is 0 Å². The SMILES string of the molecule is CCCCC(O)CO.O=C1CCCN1. The molecule has 84 valence electrons. The van der Waals surface area contributed by atoms with Crippen molar-refractivity contribution in [2.75, 3.05) is 13.2 Å². The third-order valence-corrected chi connectivity index (χ3v) is 2.00. The topological polar surface area (TPSA) is 69.6 Å². The van der Waals surface area contributed by atoms with Gasteiger partial charge in [0.2, 0.25) is 5.91 Å². The predicted molar refractivity (Wildman–Crippen MR) is 54.9 cm³/mol. The van der Waals surface area contributed by atoms with Crippen molar-refractivity contribution < 1.29 is 15.0 Å². The number of carbonyl (C=O) groups is 1. The van der Waals surface area contributed by atoms with Crippen molar-refractivity contribution in [1.82, 2.24) is 5.32 Å². The normalized spacial score (nSPS) is 16.9. The lowest BCUT2D eigenvalue weighted by atomic mass is 10.2. The van der Waals surface area contributed by atoms with Gasteiger partial charge in [0.05, 0.1) is 12.7 Å². The van der Waals surface area contributed by atoms with Gasteiger partial charge in [-0.25, -0.2) is 0 Å². The fourth-order valence-electron chi connectivity index (χ4n) is 1.10. The van der Waals surface area contributed by atoms with Gasteiger partial charge in [0.1, 0.15) is 0 Å². The summed E-state index contributed by atoms with van der Waals surface area (Å²) in [5.74, 6) is 0.204. The minimum atomic E-state index is -0.491. The van der Waals surface area contributed by atoms with Gasteiger partial charge in [-0.3, -0.25) is 4.79 Å². The predicted octanol–water partition coefficient (Wildman–Crippen LogP) is 0.426. The molecule has 3 N–H and O–H groups in total. The van der Waals surface area contributed by atoms with E-state index in [9.17, 15) is 4.79 Å². The number of hydrogen-bond acceptors (Lipinski definition) is 3. The zero-order valence-electron chi connectivity index (χ0n) is 8.83.